The van der Waals surface area contributed by atoms with Gasteiger partial charge in [-0.3, -0.25) is 4.79 Å². The molecule has 0 aliphatic heterocycles. The lowest BCUT2D eigenvalue weighted by atomic mass is 10.1. The normalized spacial score (nSPS) is 10.9. The Morgan fingerprint density at radius 3 is 2.69 bits per heavy atom. The van der Waals surface area contributed by atoms with Crippen molar-refractivity contribution in [2.24, 2.45) is 0 Å². The predicted octanol–water partition coefficient (Wildman–Crippen LogP) is 1.61. The van der Waals surface area contributed by atoms with Gasteiger partial charge in [-0.2, -0.15) is 0 Å². The van der Waals surface area contributed by atoms with Gasteiger partial charge in [-0.1, -0.05) is 18.2 Å². The number of hydrogen-bond acceptors (Lipinski definition) is 2. The van der Waals surface area contributed by atoms with Crippen molar-refractivity contribution in [2.45, 2.75) is 20.4 Å². The molecule has 3 heteroatoms. The fraction of sp³-hybridized carbons (Fsp3) is 0.308. The lowest BCUT2D eigenvalue weighted by molar-refractivity contribution is 0.276. The second-order valence-electron chi connectivity index (χ2n) is 4.01. The van der Waals surface area contributed by atoms with Gasteiger partial charge in [-0.05, 0) is 25.0 Å². The minimum Gasteiger partial charge on any atom is -0.395 e. The van der Waals surface area contributed by atoms with Crippen molar-refractivity contribution in [3.63, 3.8) is 0 Å². The second-order valence-corrected chi connectivity index (χ2v) is 4.01. The largest absolute Gasteiger partial charge is 0.395 e. The Morgan fingerprint density at radius 2 is 2.00 bits per heavy atom. The minimum atomic E-state index is -0.0478. The maximum Gasteiger partial charge on any atom is 0.251 e. The molecule has 2 aromatic rings. The van der Waals surface area contributed by atoms with E-state index in [1.54, 1.807) is 10.6 Å². The molecule has 0 saturated heterocycles. The van der Waals surface area contributed by atoms with Gasteiger partial charge >= 0.3 is 0 Å². The molecular formula is C13H15NO2. The quantitative estimate of drug-likeness (QED) is 0.830. The molecule has 0 radical (unpaired) electrons. The Hall–Kier alpha value is -1.61. The highest BCUT2D eigenvalue weighted by molar-refractivity contribution is 5.85. The first-order valence-electron chi connectivity index (χ1n) is 5.36. The fourth-order valence-corrected chi connectivity index (χ4v) is 2.11. The van der Waals surface area contributed by atoms with Crippen LogP contribution in [0.25, 0.3) is 10.9 Å². The van der Waals surface area contributed by atoms with E-state index in [0.717, 1.165) is 22.0 Å². The number of aliphatic hydroxyl groups excluding tert-OH is 1. The van der Waals surface area contributed by atoms with E-state index in [0.29, 0.717) is 6.54 Å². The van der Waals surface area contributed by atoms with E-state index in [2.05, 4.69) is 0 Å². The molecule has 2 rings (SSSR count). The van der Waals surface area contributed by atoms with Gasteiger partial charge in [0.15, 0.2) is 0 Å². The smallest absolute Gasteiger partial charge is 0.251 e. The Kier molecular flexibility index (Phi) is 2.79. The summed E-state index contributed by atoms with van der Waals surface area (Å²) in [6, 6.07) is 7.59. The molecule has 0 spiro atoms. The average molecular weight is 217 g/mol. The molecule has 0 amide bonds. The molecule has 16 heavy (non-hydrogen) atoms. The number of aryl methyl sites for hydroxylation is 2. The van der Waals surface area contributed by atoms with Gasteiger partial charge in [-0.25, -0.2) is 0 Å². The summed E-state index contributed by atoms with van der Waals surface area (Å²) >= 11 is 0. The van der Waals surface area contributed by atoms with Crippen molar-refractivity contribution in [3.05, 3.63) is 45.7 Å². The van der Waals surface area contributed by atoms with E-state index >= 15 is 0 Å². The Balaban J connectivity index is 2.92. The van der Waals surface area contributed by atoms with Crippen molar-refractivity contribution in [2.75, 3.05) is 6.61 Å². The van der Waals surface area contributed by atoms with E-state index < -0.39 is 0 Å². The minimum absolute atomic E-state index is 0.0214. The topological polar surface area (TPSA) is 42.2 Å². The predicted molar refractivity (Wildman–Crippen MR) is 64.8 cm³/mol. The van der Waals surface area contributed by atoms with Crippen LogP contribution in [0, 0.1) is 13.8 Å². The third-order valence-corrected chi connectivity index (χ3v) is 2.86. The van der Waals surface area contributed by atoms with Gasteiger partial charge < -0.3 is 9.67 Å². The summed E-state index contributed by atoms with van der Waals surface area (Å²) in [5, 5.41) is 10.1. The van der Waals surface area contributed by atoms with E-state index in [4.69, 9.17) is 5.11 Å². The van der Waals surface area contributed by atoms with E-state index in [9.17, 15) is 4.79 Å². The van der Waals surface area contributed by atoms with Gasteiger partial charge in [0.2, 0.25) is 0 Å². The van der Waals surface area contributed by atoms with Crippen LogP contribution in [0.2, 0.25) is 0 Å². The van der Waals surface area contributed by atoms with Gasteiger partial charge in [0.05, 0.1) is 12.1 Å². The Morgan fingerprint density at radius 1 is 1.25 bits per heavy atom. The summed E-state index contributed by atoms with van der Waals surface area (Å²) < 4.78 is 1.64. The molecule has 1 heterocycles. The van der Waals surface area contributed by atoms with Crippen molar-refractivity contribution in [1.29, 1.82) is 0 Å². The summed E-state index contributed by atoms with van der Waals surface area (Å²) in [5.41, 5.74) is 2.93. The number of aromatic nitrogens is 1. The molecule has 0 atom stereocenters. The zero-order chi connectivity index (χ0) is 11.7. The molecule has 0 saturated carbocycles. The lowest BCUT2D eigenvalue weighted by Gasteiger charge is -2.12. The van der Waals surface area contributed by atoms with Gasteiger partial charge in [-0.15, -0.1) is 0 Å². The van der Waals surface area contributed by atoms with Crippen LogP contribution < -0.4 is 5.56 Å². The number of nitrogens with zero attached hydrogens (tertiary/aromatic N) is 1. The molecule has 1 aromatic heterocycles. The molecule has 3 nitrogen and oxygen atoms in total. The average Bonchev–Trinajstić information content (AvgIpc) is 2.24. The van der Waals surface area contributed by atoms with Crippen LogP contribution >= 0.6 is 0 Å². The van der Waals surface area contributed by atoms with Crippen molar-refractivity contribution < 1.29 is 5.11 Å². The van der Waals surface area contributed by atoms with Crippen LogP contribution in [-0.2, 0) is 6.54 Å². The SMILES string of the molecule is Cc1cc(=O)n(CCO)c2c(C)cccc12. The first kappa shape index (κ1) is 10.9. The third-order valence-electron chi connectivity index (χ3n) is 2.86. The third kappa shape index (κ3) is 1.63. The van der Waals surface area contributed by atoms with Crippen LogP contribution in [0.1, 0.15) is 11.1 Å². The van der Waals surface area contributed by atoms with Crippen LogP contribution in [0.3, 0.4) is 0 Å². The molecule has 84 valence electrons. The maximum absolute atomic E-state index is 11.8. The lowest BCUT2D eigenvalue weighted by Crippen LogP contribution is -2.22. The van der Waals surface area contributed by atoms with E-state index in [1.807, 2.05) is 32.0 Å². The first-order valence-corrected chi connectivity index (χ1v) is 5.36. The number of para-hydroxylation sites is 1. The number of hydrogen-bond donors (Lipinski definition) is 1. The summed E-state index contributed by atoms with van der Waals surface area (Å²) in [5.74, 6) is 0. The molecule has 0 aliphatic carbocycles. The highest BCUT2D eigenvalue weighted by Crippen LogP contribution is 2.19. The van der Waals surface area contributed by atoms with Gasteiger partial charge in [0.25, 0.3) is 5.56 Å². The number of benzene rings is 1. The van der Waals surface area contributed by atoms with E-state index in [-0.39, 0.29) is 12.2 Å². The summed E-state index contributed by atoms with van der Waals surface area (Å²) in [7, 11) is 0. The van der Waals surface area contributed by atoms with Crippen LogP contribution in [0.5, 0.6) is 0 Å². The van der Waals surface area contributed by atoms with E-state index in [1.165, 1.54) is 0 Å². The second kappa shape index (κ2) is 4.10. The summed E-state index contributed by atoms with van der Waals surface area (Å²) in [6.45, 7) is 4.24. The van der Waals surface area contributed by atoms with Crippen molar-refractivity contribution >= 4 is 10.9 Å². The van der Waals surface area contributed by atoms with Crippen molar-refractivity contribution in [1.82, 2.24) is 4.57 Å². The summed E-state index contributed by atoms with van der Waals surface area (Å²) in [6.07, 6.45) is 0. The number of rotatable bonds is 2. The highest BCUT2D eigenvalue weighted by atomic mass is 16.3. The standard InChI is InChI=1S/C13H15NO2/c1-9-4-3-5-11-10(2)8-12(16)14(6-7-15)13(9)11/h3-5,8,15H,6-7H2,1-2H3. The van der Waals surface area contributed by atoms with Crippen LogP contribution in [0.15, 0.2) is 29.1 Å². The highest BCUT2D eigenvalue weighted by Gasteiger charge is 2.07. The van der Waals surface area contributed by atoms with Gasteiger partial charge in [0, 0.05) is 18.0 Å². The molecule has 1 N–H and O–H groups in total. The molecule has 0 bridgehead atoms. The Bertz CT molecular complexity index is 584. The monoisotopic (exact) mass is 217 g/mol. The molecule has 0 aliphatic rings. The molecular weight excluding hydrogens is 202 g/mol. The number of fused-ring (bicyclic) bond motifs is 1. The first-order chi connectivity index (χ1) is 7.65. The molecule has 0 fully saturated rings. The zero-order valence-corrected chi connectivity index (χ0v) is 9.53. The van der Waals surface area contributed by atoms with Gasteiger partial charge in [0.1, 0.15) is 0 Å². The molecule has 0 unspecified atom stereocenters. The Labute approximate surface area is 94.0 Å². The number of pyridine rings is 1. The zero-order valence-electron chi connectivity index (χ0n) is 9.53. The van der Waals surface area contributed by atoms with Crippen molar-refractivity contribution in [3.8, 4) is 0 Å². The molecule has 1 aromatic carbocycles. The number of aliphatic hydroxyl groups is 1. The van der Waals surface area contributed by atoms with Crippen LogP contribution in [0.4, 0.5) is 0 Å². The summed E-state index contributed by atoms with van der Waals surface area (Å²) in [4.78, 5) is 11.8. The maximum atomic E-state index is 11.8. The fourth-order valence-electron chi connectivity index (χ4n) is 2.11. The van der Waals surface area contributed by atoms with Crippen LogP contribution in [-0.4, -0.2) is 16.3 Å².